The van der Waals surface area contributed by atoms with Crippen LogP contribution in [0.3, 0.4) is 0 Å². The Labute approximate surface area is 200 Å². The number of aromatic nitrogens is 4. The Balaban J connectivity index is 2.23. The largest absolute Gasteiger partial charge is 0.454 e. The number of nitrogens with zero attached hydrogens (tertiary/aromatic N) is 6. The molecule has 10 nitrogen and oxygen atoms in total. The molecule has 0 bridgehead atoms. The summed E-state index contributed by atoms with van der Waals surface area (Å²) in [6.45, 7) is 18.0. The molecule has 0 unspecified atom stereocenters. The minimum atomic E-state index is -0.625. The molecule has 184 valence electrons. The van der Waals surface area contributed by atoms with Gasteiger partial charge in [0.05, 0.1) is 28.5 Å². The summed E-state index contributed by atoms with van der Waals surface area (Å²) in [5, 5.41) is 20.4. The molecule has 0 fully saturated rings. The Hall–Kier alpha value is -3.43. The topological polar surface area (TPSA) is 124 Å². The molecule has 0 saturated heterocycles. The van der Waals surface area contributed by atoms with Crippen LogP contribution >= 0.6 is 0 Å². The predicted molar refractivity (Wildman–Crippen MR) is 126 cm³/mol. The van der Waals surface area contributed by atoms with E-state index in [4.69, 9.17) is 4.74 Å². The highest BCUT2D eigenvalue weighted by atomic mass is 16.5. The molecule has 0 aromatic carbocycles. The van der Waals surface area contributed by atoms with E-state index in [1.54, 1.807) is 27.7 Å². The fourth-order valence-electron chi connectivity index (χ4n) is 2.68. The van der Waals surface area contributed by atoms with Gasteiger partial charge in [-0.1, -0.05) is 0 Å². The summed E-state index contributed by atoms with van der Waals surface area (Å²) in [5.74, 6) is -0.625. The molecular weight excluding hydrogens is 436 g/mol. The monoisotopic (exact) mass is 472 g/mol. The second-order valence-corrected chi connectivity index (χ2v) is 10.2. The maximum atomic E-state index is 12.7. The van der Waals surface area contributed by atoms with Crippen LogP contribution in [0.1, 0.15) is 91.9 Å². The van der Waals surface area contributed by atoms with Crippen molar-refractivity contribution in [2.24, 2.45) is 0 Å². The zero-order valence-electron chi connectivity index (χ0n) is 21.8. The number of hydrogen-bond donors (Lipinski definition) is 2. The van der Waals surface area contributed by atoms with Gasteiger partial charge in [-0.3, -0.25) is 15.4 Å². The van der Waals surface area contributed by atoms with Crippen LogP contribution in [-0.2, 0) is 11.3 Å². The minimum Gasteiger partial charge on any atom is -0.454 e. The lowest BCUT2D eigenvalue weighted by Gasteiger charge is -2.12. The lowest BCUT2D eigenvalue weighted by Crippen LogP contribution is -2.31. The summed E-state index contributed by atoms with van der Waals surface area (Å²) < 4.78 is 7.60. The highest BCUT2D eigenvalue weighted by molar-refractivity contribution is 5.89. The lowest BCUT2D eigenvalue weighted by molar-refractivity contribution is -0.816. The van der Waals surface area contributed by atoms with Gasteiger partial charge < -0.3 is 4.74 Å². The molecule has 2 aromatic heterocycles. The van der Waals surface area contributed by atoms with E-state index >= 15 is 0 Å². The molecule has 0 amide bonds. The van der Waals surface area contributed by atoms with E-state index < -0.39 is 17.0 Å². The number of carbonyl (C=O) groups excluding carboxylic acids is 1. The molecule has 0 aliphatic heterocycles. The molecule has 0 atom stereocenters. The Kier molecular flexibility index (Phi) is 7.75. The zero-order valence-corrected chi connectivity index (χ0v) is 21.8. The number of carbonyl (C=O) groups is 1. The Morgan fingerprint density at radius 1 is 0.765 bits per heavy atom. The predicted octanol–water partition coefficient (Wildman–Crippen LogP) is 3.10. The van der Waals surface area contributed by atoms with Crippen molar-refractivity contribution in [2.45, 2.75) is 86.9 Å². The third-order valence-corrected chi connectivity index (χ3v) is 5.06. The van der Waals surface area contributed by atoms with Gasteiger partial charge in [-0.2, -0.15) is 0 Å². The highest BCUT2D eigenvalue weighted by Gasteiger charge is 2.27. The molecule has 0 saturated carbocycles. The van der Waals surface area contributed by atoms with Crippen LogP contribution in [-0.4, -0.2) is 69.3 Å². The first-order valence-corrected chi connectivity index (χ1v) is 11.0. The Morgan fingerprint density at radius 3 is 1.68 bits per heavy atom. The smallest absolute Gasteiger partial charge is 0.359 e. The third kappa shape index (κ3) is 6.55. The van der Waals surface area contributed by atoms with E-state index in [0.717, 1.165) is 9.48 Å². The molecule has 34 heavy (non-hydrogen) atoms. The third-order valence-electron chi connectivity index (χ3n) is 5.06. The quantitative estimate of drug-likeness (QED) is 0.224. The summed E-state index contributed by atoms with van der Waals surface area (Å²) >= 11 is 0. The summed E-state index contributed by atoms with van der Waals surface area (Å²) in [6, 6.07) is 0. The average Bonchev–Trinajstić information content (AvgIpc) is 2.70. The summed E-state index contributed by atoms with van der Waals surface area (Å²) in [4.78, 5) is 30.5. The molecule has 0 aliphatic rings. The minimum absolute atomic E-state index is 0.0800. The van der Waals surface area contributed by atoms with Gasteiger partial charge in [-0.05, 0) is 37.2 Å². The van der Waals surface area contributed by atoms with Crippen molar-refractivity contribution in [1.29, 1.82) is 0 Å². The maximum absolute atomic E-state index is 12.7. The van der Waals surface area contributed by atoms with E-state index in [1.807, 2.05) is 41.5 Å². The van der Waals surface area contributed by atoms with E-state index in [0.29, 0.717) is 39.9 Å². The van der Waals surface area contributed by atoms with Gasteiger partial charge in [0, 0.05) is 41.5 Å². The van der Waals surface area contributed by atoms with Crippen molar-refractivity contribution in [2.75, 3.05) is 0 Å². The van der Waals surface area contributed by atoms with E-state index in [9.17, 15) is 15.2 Å². The van der Waals surface area contributed by atoms with Crippen molar-refractivity contribution in [3.63, 3.8) is 0 Å². The van der Waals surface area contributed by atoms with Gasteiger partial charge in [-0.25, -0.2) is 19.7 Å². The number of hydroxylamine groups is 2. The lowest BCUT2D eigenvalue weighted by atomic mass is 10.1. The first-order chi connectivity index (χ1) is 15.5. The van der Waals surface area contributed by atoms with E-state index in [-0.39, 0.29) is 12.3 Å². The van der Waals surface area contributed by atoms with Gasteiger partial charge >= 0.3 is 5.97 Å². The van der Waals surface area contributed by atoms with Crippen molar-refractivity contribution < 1.29 is 29.4 Å². The molecule has 2 N–H and O–H groups in total. The second-order valence-electron chi connectivity index (χ2n) is 10.2. The van der Waals surface area contributed by atoms with Gasteiger partial charge in [0.25, 0.3) is 0 Å². The number of ether oxygens (including phenoxy) is 1. The van der Waals surface area contributed by atoms with Crippen molar-refractivity contribution in [3.05, 3.63) is 45.6 Å². The van der Waals surface area contributed by atoms with Gasteiger partial charge in [-0.15, -0.1) is 0 Å². The fourth-order valence-corrected chi connectivity index (χ4v) is 2.68. The molecule has 2 heterocycles. The fraction of sp³-hybridized carbons (Fsp3) is 0.542. The maximum Gasteiger partial charge on any atom is 0.359 e. The normalized spacial score (nSPS) is 13.2. The number of hydrogen-bond acceptors (Lipinski definition) is 8. The molecule has 0 radical (unpaired) electrons. The van der Waals surface area contributed by atoms with E-state index in [2.05, 4.69) is 19.9 Å². The SMILES string of the molecule is Cc1nc(COC(=O)c2nc(C)c(/C=[N+](\O)C(C)(C)C)nc2C)c(C)nc1/C=[N+](\O)C(C)(C)C. The summed E-state index contributed by atoms with van der Waals surface area (Å²) in [6.07, 6.45) is 3.01. The Morgan fingerprint density at radius 2 is 1.21 bits per heavy atom. The van der Waals surface area contributed by atoms with Gasteiger partial charge in [0.1, 0.15) is 6.61 Å². The zero-order chi connectivity index (χ0) is 26.0. The van der Waals surface area contributed by atoms with Gasteiger partial charge in [0.2, 0.25) is 23.5 Å². The number of esters is 1. The molecular formula is C24H36N6O4+2. The number of aryl methyl sites for hydroxylation is 4. The van der Waals surface area contributed by atoms with Crippen LogP contribution in [0.15, 0.2) is 0 Å². The van der Waals surface area contributed by atoms with Crippen LogP contribution in [0, 0.1) is 27.7 Å². The number of rotatable bonds is 5. The van der Waals surface area contributed by atoms with Gasteiger partial charge in [0.15, 0.2) is 17.1 Å². The van der Waals surface area contributed by atoms with Crippen LogP contribution in [0.25, 0.3) is 0 Å². The molecule has 0 spiro atoms. The van der Waals surface area contributed by atoms with Crippen molar-refractivity contribution in [3.8, 4) is 0 Å². The summed E-state index contributed by atoms with van der Waals surface area (Å²) in [5.41, 5.74) is 2.67. The first kappa shape index (κ1) is 26.8. The second kappa shape index (κ2) is 9.82. The molecule has 10 heteroatoms. The summed E-state index contributed by atoms with van der Waals surface area (Å²) in [7, 11) is 0. The van der Waals surface area contributed by atoms with Crippen LogP contribution < -0.4 is 0 Å². The molecule has 2 aromatic rings. The molecule has 2 rings (SSSR count). The first-order valence-electron chi connectivity index (χ1n) is 11.0. The standard InChI is InChI=1S/C24H36N6O4/c1-14-18(11-29(32)23(5,6)7)25-16(3)20(26-14)13-34-22(31)21-17(4)27-19(15(2)28-21)12-30(33)24(8,9)10/h11-12,32-33H,13H2,1-10H3/q+2. The van der Waals surface area contributed by atoms with Crippen LogP contribution in [0.2, 0.25) is 0 Å². The van der Waals surface area contributed by atoms with Crippen LogP contribution in [0.4, 0.5) is 0 Å². The Bertz CT molecular complexity index is 1160. The van der Waals surface area contributed by atoms with Crippen molar-refractivity contribution >= 4 is 18.4 Å². The van der Waals surface area contributed by atoms with E-state index in [1.165, 1.54) is 12.4 Å². The van der Waals surface area contributed by atoms with Crippen LogP contribution in [0.5, 0.6) is 0 Å². The highest BCUT2D eigenvalue weighted by Crippen LogP contribution is 2.13. The molecule has 0 aliphatic carbocycles. The average molecular weight is 473 g/mol. The van der Waals surface area contributed by atoms with Crippen molar-refractivity contribution in [1.82, 2.24) is 19.9 Å².